The van der Waals surface area contributed by atoms with E-state index >= 15 is 0 Å². The molecule has 1 N–H and O–H groups in total. The van der Waals surface area contributed by atoms with Crippen LogP contribution in [0.3, 0.4) is 0 Å². The summed E-state index contributed by atoms with van der Waals surface area (Å²) in [7, 11) is 3.16. The van der Waals surface area contributed by atoms with Crippen LogP contribution in [0, 0.1) is 0 Å². The Morgan fingerprint density at radius 1 is 1.21 bits per heavy atom. The summed E-state index contributed by atoms with van der Waals surface area (Å²) in [6, 6.07) is 5.43. The summed E-state index contributed by atoms with van der Waals surface area (Å²) in [5, 5.41) is 3.29. The van der Waals surface area contributed by atoms with E-state index in [0.717, 1.165) is 30.5 Å². The molecule has 0 unspecified atom stereocenters. The number of esters is 1. The molecule has 0 amide bonds. The number of hydrogen-bond donors (Lipinski definition) is 1. The number of rotatable bonds is 6. The van der Waals surface area contributed by atoms with E-state index in [4.69, 9.17) is 14.2 Å². The van der Waals surface area contributed by atoms with Gasteiger partial charge in [0.15, 0.2) is 5.78 Å². The van der Waals surface area contributed by atoms with Gasteiger partial charge < -0.3 is 19.5 Å². The quantitative estimate of drug-likeness (QED) is 0.754. The third kappa shape index (κ3) is 3.63. The Kier molecular flexibility index (Phi) is 6.07. The molecule has 0 fully saturated rings. The van der Waals surface area contributed by atoms with Crippen LogP contribution in [-0.2, 0) is 14.3 Å². The van der Waals surface area contributed by atoms with Gasteiger partial charge in [-0.3, -0.25) is 4.79 Å². The first-order chi connectivity index (χ1) is 13.5. The van der Waals surface area contributed by atoms with Crippen LogP contribution in [0.15, 0.2) is 40.7 Å². The van der Waals surface area contributed by atoms with Crippen molar-refractivity contribution in [3.63, 3.8) is 0 Å². The van der Waals surface area contributed by atoms with Crippen molar-refractivity contribution in [1.82, 2.24) is 5.32 Å². The second kappa shape index (κ2) is 8.50. The van der Waals surface area contributed by atoms with Gasteiger partial charge >= 0.3 is 5.97 Å². The van der Waals surface area contributed by atoms with Crippen LogP contribution in [0.1, 0.15) is 51.0 Å². The lowest BCUT2D eigenvalue weighted by molar-refractivity contribution is -0.139. The number of ether oxygens (including phenoxy) is 3. The number of carbonyl (C=O) groups excluding carboxylic acids is 2. The molecule has 0 saturated heterocycles. The Labute approximate surface area is 165 Å². The molecule has 3 rings (SSSR count). The van der Waals surface area contributed by atoms with E-state index in [-0.39, 0.29) is 5.78 Å². The lowest BCUT2D eigenvalue weighted by Crippen LogP contribution is -2.34. The second-order valence-electron chi connectivity index (χ2n) is 7.01. The molecule has 150 valence electrons. The summed E-state index contributed by atoms with van der Waals surface area (Å²) in [6.45, 7) is 4.13. The molecule has 0 saturated carbocycles. The topological polar surface area (TPSA) is 73.9 Å². The third-order valence-electron chi connectivity index (χ3n) is 5.18. The van der Waals surface area contributed by atoms with Gasteiger partial charge in [-0.2, -0.15) is 0 Å². The van der Waals surface area contributed by atoms with Crippen molar-refractivity contribution < 1.29 is 23.8 Å². The number of methoxy groups -OCH3 is 2. The van der Waals surface area contributed by atoms with Crippen molar-refractivity contribution in [3.05, 3.63) is 46.3 Å². The van der Waals surface area contributed by atoms with Crippen LogP contribution in [0.4, 0.5) is 0 Å². The van der Waals surface area contributed by atoms with Gasteiger partial charge in [0, 0.05) is 29.0 Å². The number of hydrogen-bond acceptors (Lipinski definition) is 6. The fourth-order valence-corrected chi connectivity index (χ4v) is 3.90. The Hall–Kier alpha value is -2.76. The van der Waals surface area contributed by atoms with Crippen molar-refractivity contribution in [2.24, 2.45) is 0 Å². The molecule has 1 aromatic rings. The molecular formula is C22H27NO5. The summed E-state index contributed by atoms with van der Waals surface area (Å²) in [6.07, 6.45) is 2.78. The molecule has 0 radical (unpaired) electrons. The van der Waals surface area contributed by atoms with E-state index in [0.29, 0.717) is 41.4 Å². The predicted molar refractivity (Wildman–Crippen MR) is 105 cm³/mol. The van der Waals surface area contributed by atoms with E-state index < -0.39 is 11.9 Å². The molecule has 2 aliphatic rings. The van der Waals surface area contributed by atoms with Crippen molar-refractivity contribution in [2.45, 2.75) is 45.4 Å². The lowest BCUT2D eigenvalue weighted by atomic mass is 9.75. The molecule has 1 aliphatic carbocycles. The molecule has 1 atom stereocenters. The first kappa shape index (κ1) is 20.0. The Morgan fingerprint density at radius 3 is 2.68 bits per heavy atom. The molecule has 0 bridgehead atoms. The smallest absolute Gasteiger partial charge is 0.336 e. The molecule has 6 nitrogen and oxygen atoms in total. The third-order valence-corrected chi connectivity index (χ3v) is 5.18. The average Bonchev–Trinajstić information content (AvgIpc) is 2.70. The van der Waals surface area contributed by atoms with E-state index in [9.17, 15) is 9.59 Å². The van der Waals surface area contributed by atoms with Crippen LogP contribution < -0.4 is 14.8 Å². The molecule has 28 heavy (non-hydrogen) atoms. The highest BCUT2D eigenvalue weighted by Crippen LogP contribution is 2.46. The highest BCUT2D eigenvalue weighted by Gasteiger charge is 2.40. The fourth-order valence-electron chi connectivity index (χ4n) is 3.90. The zero-order valence-corrected chi connectivity index (χ0v) is 16.9. The summed E-state index contributed by atoms with van der Waals surface area (Å²) in [4.78, 5) is 25.9. The van der Waals surface area contributed by atoms with Crippen LogP contribution in [0.2, 0.25) is 0 Å². The highest BCUT2D eigenvalue weighted by atomic mass is 16.5. The van der Waals surface area contributed by atoms with Crippen LogP contribution in [-0.4, -0.2) is 32.6 Å². The van der Waals surface area contributed by atoms with E-state index in [1.807, 2.05) is 19.9 Å². The maximum atomic E-state index is 13.0. The molecule has 1 aromatic carbocycles. The highest BCUT2D eigenvalue weighted by molar-refractivity contribution is 6.04. The van der Waals surface area contributed by atoms with Gasteiger partial charge in [0.25, 0.3) is 0 Å². The Morgan fingerprint density at radius 2 is 2.00 bits per heavy atom. The normalized spacial score (nSPS) is 19.1. The maximum absolute atomic E-state index is 13.0. The van der Waals surface area contributed by atoms with Crippen molar-refractivity contribution in [1.29, 1.82) is 0 Å². The van der Waals surface area contributed by atoms with Crippen molar-refractivity contribution in [3.8, 4) is 11.5 Å². The fraction of sp³-hybridized carbons (Fsp3) is 0.455. The molecule has 0 aromatic heterocycles. The van der Waals surface area contributed by atoms with Gasteiger partial charge in [0.2, 0.25) is 0 Å². The van der Waals surface area contributed by atoms with Crippen LogP contribution in [0.25, 0.3) is 0 Å². The van der Waals surface area contributed by atoms with E-state index in [2.05, 4.69) is 5.32 Å². The van der Waals surface area contributed by atoms with Crippen molar-refractivity contribution in [2.75, 3.05) is 20.8 Å². The lowest BCUT2D eigenvalue weighted by Gasteiger charge is -2.34. The predicted octanol–water partition coefficient (Wildman–Crippen LogP) is 3.62. The zero-order chi connectivity index (χ0) is 20.3. The van der Waals surface area contributed by atoms with Gasteiger partial charge in [-0.25, -0.2) is 4.79 Å². The number of carbonyl (C=O) groups is 2. The molecule has 1 heterocycles. The Balaban J connectivity index is 2.20. The molecule has 6 heteroatoms. The van der Waals surface area contributed by atoms with Gasteiger partial charge in [-0.05, 0) is 44.4 Å². The first-order valence-electron chi connectivity index (χ1n) is 9.64. The molecule has 1 aliphatic heterocycles. The molecular weight excluding hydrogens is 358 g/mol. The summed E-state index contributed by atoms with van der Waals surface area (Å²) < 4.78 is 16.4. The van der Waals surface area contributed by atoms with Crippen LogP contribution >= 0.6 is 0 Å². The minimum Gasteiger partial charge on any atom is -0.497 e. The number of ketones is 1. The number of benzene rings is 1. The van der Waals surface area contributed by atoms with Crippen molar-refractivity contribution >= 4 is 11.8 Å². The summed E-state index contributed by atoms with van der Waals surface area (Å²) >= 11 is 0. The second-order valence-corrected chi connectivity index (χ2v) is 7.01. The number of dihydropyridines is 1. The minimum absolute atomic E-state index is 0.0527. The number of Topliss-reactive ketones (excluding diaryl/α,β-unsaturated/α-hetero) is 1. The SMILES string of the molecule is CCCOC(=O)C1=C(C)NC2=C(C(=O)CCC2)[C@H]1c1cc(OC)ccc1OC. The molecule has 0 spiro atoms. The monoisotopic (exact) mass is 385 g/mol. The standard InChI is InChI=1S/C22H27NO5/c1-5-11-28-22(25)19-13(2)23-16-7-6-8-17(24)21(16)20(19)15-12-14(26-3)9-10-18(15)27-4/h9-10,12,20,23H,5-8,11H2,1-4H3/t20-/m0/s1. The zero-order valence-electron chi connectivity index (χ0n) is 16.9. The van der Waals surface area contributed by atoms with Gasteiger partial charge in [0.1, 0.15) is 11.5 Å². The van der Waals surface area contributed by atoms with Gasteiger partial charge in [-0.15, -0.1) is 0 Å². The van der Waals surface area contributed by atoms with E-state index in [1.54, 1.807) is 26.4 Å². The van der Waals surface area contributed by atoms with Crippen LogP contribution in [0.5, 0.6) is 11.5 Å². The summed E-state index contributed by atoms with van der Waals surface area (Å²) in [5.41, 5.74) is 3.41. The van der Waals surface area contributed by atoms with E-state index in [1.165, 1.54) is 0 Å². The average molecular weight is 385 g/mol. The largest absolute Gasteiger partial charge is 0.497 e. The van der Waals surface area contributed by atoms with Gasteiger partial charge in [-0.1, -0.05) is 6.92 Å². The van der Waals surface area contributed by atoms with Gasteiger partial charge in [0.05, 0.1) is 32.3 Å². The maximum Gasteiger partial charge on any atom is 0.336 e. The number of allylic oxidation sites excluding steroid dienone is 3. The Bertz CT molecular complexity index is 852. The first-order valence-corrected chi connectivity index (χ1v) is 9.64. The summed E-state index contributed by atoms with van der Waals surface area (Å²) in [5.74, 6) is 0.340. The minimum atomic E-state index is -0.543. The number of nitrogens with one attached hydrogen (secondary N) is 1.